The Morgan fingerprint density at radius 1 is 0.657 bits per heavy atom. The van der Waals surface area contributed by atoms with Gasteiger partial charge in [0.25, 0.3) is 5.91 Å². The summed E-state index contributed by atoms with van der Waals surface area (Å²) in [7, 11) is 3.40. The van der Waals surface area contributed by atoms with E-state index in [1.54, 1.807) is 77.6 Å². The Morgan fingerprint density at radius 2 is 1.16 bits per heavy atom. The first kappa shape index (κ1) is 51.0. The summed E-state index contributed by atoms with van der Waals surface area (Å²) in [4.78, 5) is 101. The number of likely N-dealkylation sites (N-methyl/N-ethyl adjacent to an activating group) is 1. The second kappa shape index (κ2) is 21.4. The van der Waals surface area contributed by atoms with Crippen molar-refractivity contribution < 1.29 is 43.0 Å². The number of nitrogens with zero attached hydrogens (tertiary/aromatic N) is 3. The lowest BCUT2D eigenvalue weighted by atomic mass is 9.92. The van der Waals surface area contributed by atoms with Crippen LogP contribution in [0.2, 0.25) is 0 Å². The first-order valence-electron chi connectivity index (χ1n) is 24.3. The molecule has 0 unspecified atom stereocenters. The molecule has 0 bridgehead atoms. The van der Waals surface area contributed by atoms with Gasteiger partial charge < -0.3 is 29.5 Å². The highest BCUT2D eigenvalue weighted by Crippen LogP contribution is 2.41. The second-order valence-corrected chi connectivity index (χ2v) is 20.8. The predicted molar refractivity (Wildman–Crippen MR) is 268 cm³/mol. The monoisotopic (exact) mass is 950 g/mol. The number of ether oxygens (including phenoxy) is 2. The van der Waals surface area contributed by atoms with E-state index < -0.39 is 47.1 Å². The molecular formula is C57H66N4O9. The molecule has 0 aromatic heterocycles. The smallest absolute Gasteiger partial charge is 0.307 e. The Morgan fingerprint density at radius 3 is 1.66 bits per heavy atom. The van der Waals surface area contributed by atoms with E-state index in [-0.39, 0.29) is 48.7 Å². The lowest BCUT2D eigenvalue weighted by Gasteiger charge is -2.29. The molecule has 13 nitrogen and oxygen atoms in total. The molecule has 4 amide bonds. The third-order valence-corrected chi connectivity index (χ3v) is 12.9. The van der Waals surface area contributed by atoms with Crippen LogP contribution in [-0.4, -0.2) is 107 Å². The van der Waals surface area contributed by atoms with Gasteiger partial charge in [0.15, 0.2) is 5.78 Å². The topological polar surface area (TPSA) is 160 Å². The molecule has 2 heterocycles. The van der Waals surface area contributed by atoms with Crippen LogP contribution in [-0.2, 0) is 55.9 Å². The van der Waals surface area contributed by atoms with Crippen LogP contribution in [0.1, 0.15) is 125 Å². The number of anilines is 1. The number of allylic oxidation sites excluding steroid dienone is 1. The number of carbonyl (C=O) groups is 7. The molecule has 4 aromatic rings. The average molecular weight is 951 g/mol. The predicted octanol–water partition coefficient (Wildman–Crippen LogP) is 8.31. The molecule has 0 radical (unpaired) electrons. The number of fused-ring (bicyclic) bond motifs is 1. The molecule has 2 aliphatic heterocycles. The summed E-state index contributed by atoms with van der Waals surface area (Å²) in [6.07, 6.45) is 2.50. The van der Waals surface area contributed by atoms with Crippen molar-refractivity contribution in [3.8, 4) is 0 Å². The van der Waals surface area contributed by atoms with E-state index in [2.05, 4.69) is 5.32 Å². The Labute approximate surface area is 411 Å². The number of ketones is 1. The first-order valence-corrected chi connectivity index (χ1v) is 24.3. The third-order valence-electron chi connectivity index (χ3n) is 12.9. The zero-order valence-electron chi connectivity index (χ0n) is 41.7. The van der Waals surface area contributed by atoms with Crippen molar-refractivity contribution in [3.05, 3.63) is 137 Å². The van der Waals surface area contributed by atoms with Crippen LogP contribution in [0.25, 0.3) is 11.1 Å². The molecule has 368 valence electrons. The summed E-state index contributed by atoms with van der Waals surface area (Å²) in [6.45, 7) is 11.5. The van der Waals surface area contributed by atoms with Crippen molar-refractivity contribution in [1.82, 2.24) is 14.7 Å². The van der Waals surface area contributed by atoms with Gasteiger partial charge in [0.1, 0.15) is 17.2 Å². The molecule has 7 rings (SSSR count). The number of benzene rings is 4. The van der Waals surface area contributed by atoms with Crippen LogP contribution in [0.4, 0.5) is 5.69 Å². The average Bonchev–Trinajstić information content (AvgIpc) is 4.09. The van der Waals surface area contributed by atoms with Gasteiger partial charge in [-0.2, -0.15) is 0 Å². The molecule has 1 N–H and O–H groups in total. The van der Waals surface area contributed by atoms with Crippen LogP contribution in [0.3, 0.4) is 0 Å². The fraction of sp³-hybridized carbons (Fsp3) is 0.421. The third kappa shape index (κ3) is 12.3. The summed E-state index contributed by atoms with van der Waals surface area (Å²) in [5, 5.41) is 3.00. The summed E-state index contributed by atoms with van der Waals surface area (Å²) in [5.74, 6) is -3.81. The number of hydrogen-bond donors (Lipinski definition) is 1. The van der Waals surface area contributed by atoms with Gasteiger partial charge in [-0.3, -0.25) is 33.6 Å². The minimum absolute atomic E-state index is 0.0532. The van der Waals surface area contributed by atoms with E-state index in [0.717, 1.165) is 27.8 Å². The van der Waals surface area contributed by atoms with Gasteiger partial charge >= 0.3 is 11.9 Å². The molecule has 1 aliphatic carbocycles. The van der Waals surface area contributed by atoms with Gasteiger partial charge in [0.2, 0.25) is 17.7 Å². The van der Waals surface area contributed by atoms with Crippen molar-refractivity contribution in [2.24, 2.45) is 0 Å². The summed E-state index contributed by atoms with van der Waals surface area (Å²) < 4.78 is 11.2. The van der Waals surface area contributed by atoms with Crippen LogP contribution >= 0.6 is 0 Å². The maximum absolute atomic E-state index is 14.3. The van der Waals surface area contributed by atoms with Gasteiger partial charge in [0.05, 0.1) is 36.3 Å². The minimum Gasteiger partial charge on any atom is -0.460 e. The Bertz CT molecular complexity index is 2650. The maximum atomic E-state index is 14.3. The molecule has 70 heavy (non-hydrogen) atoms. The number of carbonyl (C=O) groups excluding carboxylic acids is 7. The molecule has 2 fully saturated rings. The maximum Gasteiger partial charge on any atom is 0.307 e. The van der Waals surface area contributed by atoms with Gasteiger partial charge in [-0.15, -0.1) is 0 Å². The molecule has 0 saturated carbocycles. The molecule has 2 saturated heterocycles. The highest BCUT2D eigenvalue weighted by Gasteiger charge is 2.41. The normalized spacial score (nSPS) is 17.7. The highest BCUT2D eigenvalue weighted by molar-refractivity contribution is 6.29. The summed E-state index contributed by atoms with van der Waals surface area (Å²) in [5.41, 5.74) is 4.98. The van der Waals surface area contributed by atoms with E-state index >= 15 is 0 Å². The fourth-order valence-electron chi connectivity index (χ4n) is 9.81. The molecule has 0 spiro atoms. The van der Waals surface area contributed by atoms with Crippen molar-refractivity contribution in [2.75, 3.05) is 32.5 Å². The largest absolute Gasteiger partial charge is 0.460 e. The zero-order valence-corrected chi connectivity index (χ0v) is 41.7. The van der Waals surface area contributed by atoms with E-state index in [0.29, 0.717) is 67.6 Å². The summed E-state index contributed by atoms with van der Waals surface area (Å²) >= 11 is 0. The number of Topliss-reactive ketones (excluding diaryl/α,β-unsaturated/α-hetero) is 1. The Kier molecular flexibility index (Phi) is 15.6. The van der Waals surface area contributed by atoms with Crippen LogP contribution in [0, 0.1) is 0 Å². The van der Waals surface area contributed by atoms with Crippen LogP contribution < -0.4 is 5.32 Å². The number of nitrogens with one attached hydrogen (secondary N) is 1. The molecule has 3 aliphatic rings. The number of likely N-dealkylation sites (tertiary alicyclic amines) is 2. The summed E-state index contributed by atoms with van der Waals surface area (Å²) in [6, 6.07) is 29.9. The van der Waals surface area contributed by atoms with E-state index in [1.165, 1.54) is 4.90 Å². The van der Waals surface area contributed by atoms with Crippen LogP contribution in [0.15, 0.2) is 103 Å². The lowest BCUT2D eigenvalue weighted by Crippen LogP contribution is -2.45. The second-order valence-electron chi connectivity index (χ2n) is 20.8. The Hall–Kier alpha value is -6.89. The van der Waals surface area contributed by atoms with Crippen LogP contribution in [0.5, 0.6) is 0 Å². The number of amides is 4. The van der Waals surface area contributed by atoms with Crippen molar-refractivity contribution in [2.45, 2.75) is 128 Å². The molecule has 4 atom stereocenters. The number of rotatable bonds is 15. The molecule has 13 heteroatoms. The number of esters is 2. The molecule has 4 aromatic carbocycles. The SMILES string of the molecule is CN(C)C(=O)C1=C(c2ccc(NC(=O)[C@@H]3CCCN3C(=O)[C@H](CC(=O)OC(C)(C)C)c3ccccc3)cc2)Cc2ccc(CC(=O)[C@@H]3CCCN3C(=O)[C@H](CC(=O)OC(C)(C)C)c3ccccc3)cc21. The van der Waals surface area contributed by atoms with E-state index in [9.17, 15) is 33.6 Å². The van der Waals surface area contributed by atoms with Gasteiger partial charge in [-0.1, -0.05) is 91.0 Å². The van der Waals surface area contributed by atoms with Gasteiger partial charge in [-0.05, 0) is 125 Å². The Balaban J connectivity index is 1.06. The van der Waals surface area contributed by atoms with Crippen molar-refractivity contribution in [3.63, 3.8) is 0 Å². The van der Waals surface area contributed by atoms with E-state index in [1.807, 2.05) is 91.0 Å². The lowest BCUT2D eigenvalue weighted by molar-refractivity contribution is -0.158. The molecular weight excluding hydrogens is 885 g/mol. The minimum atomic E-state index is -0.812. The fourth-order valence-corrected chi connectivity index (χ4v) is 9.81. The number of hydrogen-bond acceptors (Lipinski definition) is 9. The van der Waals surface area contributed by atoms with E-state index in [4.69, 9.17) is 9.47 Å². The quantitative estimate of drug-likeness (QED) is 0.116. The van der Waals surface area contributed by atoms with Crippen molar-refractivity contribution in [1.29, 1.82) is 0 Å². The van der Waals surface area contributed by atoms with Gasteiger partial charge in [0, 0.05) is 39.3 Å². The first-order chi connectivity index (χ1) is 33.2. The highest BCUT2D eigenvalue weighted by atomic mass is 16.6. The standard InChI is InChI=1S/C57H66N4O9/c1-56(2,3)69-49(63)34-44(37-17-11-9-12-18-37)53(66)60-29-15-21-46(60)48(62)32-36-23-24-40-33-43(51(42(40)31-36)55(68)59(7)8)39-25-27-41(28-26-39)58-52(65)47-22-16-30-61(47)54(67)45(38-19-13-10-14-20-38)35-50(64)70-57(4,5)6/h9-14,17-20,23-28,31,44-47H,15-16,21-22,29-30,32-35H2,1-8H3,(H,58,65)/t44-,45-,46+,47+/m1/s1. The van der Waals surface area contributed by atoms with Gasteiger partial charge in [-0.25, -0.2) is 0 Å². The zero-order chi connectivity index (χ0) is 50.5. The van der Waals surface area contributed by atoms with Crippen molar-refractivity contribution >= 4 is 58.2 Å².